The van der Waals surface area contributed by atoms with E-state index < -0.39 is 43.6 Å². The van der Waals surface area contributed by atoms with Gasteiger partial charge in [0.1, 0.15) is 19.0 Å². The van der Waals surface area contributed by atoms with E-state index in [1.807, 2.05) is 39.3 Å². The molecule has 0 aliphatic heterocycles. The van der Waals surface area contributed by atoms with Crippen LogP contribution in [0.3, 0.4) is 0 Å². The molecule has 0 aromatic carbocycles. The van der Waals surface area contributed by atoms with E-state index in [4.69, 9.17) is 17.9 Å². The summed E-state index contributed by atoms with van der Waals surface area (Å²) in [6.07, 6.45) is -0.186. The summed E-state index contributed by atoms with van der Waals surface area (Å²) in [6, 6.07) is 0. The molecule has 0 saturated carbocycles. The first-order valence-electron chi connectivity index (χ1n) is 6.51. The number of carbonyl (C=O) groups is 2. The average Bonchev–Trinajstić information content (AvgIpc) is 2.28. The van der Waals surface area contributed by atoms with Crippen molar-refractivity contribution in [1.82, 2.24) is 0 Å². The number of hydrogen-bond donors (Lipinski definition) is 0. The molecule has 10 heteroatoms. The maximum atomic E-state index is 11.4. The van der Waals surface area contributed by atoms with Crippen LogP contribution in [0.25, 0.3) is 0 Å². The summed E-state index contributed by atoms with van der Waals surface area (Å²) in [7, 11) is -6.37. The van der Waals surface area contributed by atoms with E-state index in [2.05, 4.69) is 0 Å². The summed E-state index contributed by atoms with van der Waals surface area (Å²) in [5, 5.41) is 0. The predicted octanol–water partition coefficient (Wildman–Crippen LogP) is 2.47. The fourth-order valence-corrected chi connectivity index (χ4v) is 3.53. The number of hydrogen-bond acceptors (Lipinski definition) is 7. The minimum Gasteiger partial charge on any atom is -0.518 e. The largest absolute Gasteiger partial charge is 0.698 e. The number of carbonyl (C=O) groups excluding carboxylic acids is 2. The first-order valence-corrected chi connectivity index (χ1v) is 14.4. The van der Waals surface area contributed by atoms with Gasteiger partial charge in [-0.05, 0) is 39.3 Å². The molecule has 0 saturated heterocycles. The summed E-state index contributed by atoms with van der Waals surface area (Å²) in [4.78, 5) is 22.2. The molecule has 0 amide bonds. The third-order valence-corrected chi connectivity index (χ3v) is 4.26. The molecule has 21 heavy (non-hydrogen) atoms. The Bertz CT molecular complexity index is 376. The monoisotopic (exact) mass is 355 g/mol. The molecule has 0 spiro atoms. The minimum atomic E-state index is -2.49. The second-order valence-electron chi connectivity index (χ2n) is 6.28. The van der Waals surface area contributed by atoms with Gasteiger partial charge in [-0.3, -0.25) is 4.79 Å². The Morgan fingerprint density at radius 2 is 1.67 bits per heavy atom. The second kappa shape index (κ2) is 8.87. The molecule has 0 bridgehead atoms. The van der Waals surface area contributed by atoms with E-state index >= 15 is 0 Å². The van der Waals surface area contributed by atoms with Crippen LogP contribution >= 0.6 is 8.25 Å². The maximum Gasteiger partial charge on any atom is 0.698 e. The zero-order chi connectivity index (χ0) is 16.7. The Kier molecular flexibility index (Phi) is 8.68. The zero-order valence-electron chi connectivity index (χ0n) is 13.4. The Labute approximate surface area is 128 Å². The van der Waals surface area contributed by atoms with Gasteiger partial charge in [-0.15, -0.1) is 9.05 Å². The molecule has 0 rings (SSSR count). The molecule has 2 atom stereocenters. The van der Waals surface area contributed by atoms with Crippen molar-refractivity contribution in [3.05, 3.63) is 0 Å². The van der Waals surface area contributed by atoms with Crippen LogP contribution in [0.5, 0.6) is 0 Å². The predicted molar refractivity (Wildman–Crippen MR) is 83.2 cm³/mol. The van der Waals surface area contributed by atoms with Crippen molar-refractivity contribution in [2.75, 3.05) is 13.2 Å². The number of rotatable bonds is 10. The van der Waals surface area contributed by atoms with Gasteiger partial charge in [0.25, 0.3) is 0 Å². The van der Waals surface area contributed by atoms with Crippen LogP contribution in [0.1, 0.15) is 0 Å². The molecule has 0 aliphatic carbocycles. The molecule has 0 aliphatic rings. The lowest BCUT2D eigenvalue weighted by molar-refractivity contribution is -0.137. The van der Waals surface area contributed by atoms with Gasteiger partial charge in [0.15, 0.2) is 8.32 Å². The van der Waals surface area contributed by atoms with Crippen molar-refractivity contribution in [3.8, 4) is 0 Å². The van der Waals surface area contributed by atoms with Crippen LogP contribution in [0.2, 0.25) is 39.3 Å². The van der Waals surface area contributed by atoms with E-state index in [9.17, 15) is 14.2 Å². The quantitative estimate of drug-likeness (QED) is 0.338. The molecular formula is C11H24O7PSi2+. The Balaban J connectivity index is 4.04. The van der Waals surface area contributed by atoms with Gasteiger partial charge in [-0.1, -0.05) is 0 Å². The third-order valence-electron chi connectivity index (χ3n) is 1.71. The van der Waals surface area contributed by atoms with Crippen LogP contribution in [-0.4, -0.2) is 48.2 Å². The van der Waals surface area contributed by atoms with Crippen molar-refractivity contribution in [3.63, 3.8) is 0 Å². The van der Waals surface area contributed by atoms with E-state index in [1.54, 1.807) is 0 Å². The SMILES string of the molecule is C[Si](C)(C)OC(=O)CO[P+](=O)OCC(C=O)O[Si](C)(C)C. The van der Waals surface area contributed by atoms with E-state index in [-0.39, 0.29) is 6.61 Å². The molecule has 7 nitrogen and oxygen atoms in total. The van der Waals surface area contributed by atoms with Crippen molar-refractivity contribution in [2.24, 2.45) is 0 Å². The molecule has 0 N–H and O–H groups in total. The van der Waals surface area contributed by atoms with Crippen LogP contribution in [-0.2, 0) is 32.1 Å². The number of aldehydes is 1. The van der Waals surface area contributed by atoms with Crippen molar-refractivity contribution >= 4 is 37.1 Å². The smallest absolute Gasteiger partial charge is 0.518 e. The first-order chi connectivity index (χ1) is 9.43. The first kappa shape index (κ1) is 20.6. The summed E-state index contributed by atoms with van der Waals surface area (Å²) < 4.78 is 31.7. The highest BCUT2D eigenvalue weighted by atomic mass is 31.1. The average molecular weight is 355 g/mol. The van der Waals surface area contributed by atoms with E-state index in [1.165, 1.54) is 0 Å². The maximum absolute atomic E-state index is 11.4. The highest BCUT2D eigenvalue weighted by molar-refractivity contribution is 7.33. The van der Waals surface area contributed by atoms with E-state index in [0.29, 0.717) is 6.29 Å². The topological polar surface area (TPSA) is 88.1 Å². The van der Waals surface area contributed by atoms with Gasteiger partial charge in [-0.25, -0.2) is 0 Å². The van der Waals surface area contributed by atoms with Gasteiger partial charge >= 0.3 is 14.2 Å². The lowest BCUT2D eigenvalue weighted by Crippen LogP contribution is -2.35. The summed E-state index contributed by atoms with van der Waals surface area (Å²) in [5.41, 5.74) is 0. The standard InChI is InChI=1S/C11H24O7PSi2/c1-20(2,3)17-10(7-12)8-15-19(14)16-9-11(13)18-21(4,5)6/h7,10H,8-9H2,1-6H3/q+1. The zero-order valence-corrected chi connectivity index (χ0v) is 16.3. The Morgan fingerprint density at radius 3 is 2.10 bits per heavy atom. The molecule has 0 radical (unpaired) electrons. The Hall–Kier alpha value is -0.446. The lowest BCUT2D eigenvalue weighted by Gasteiger charge is -2.20. The van der Waals surface area contributed by atoms with E-state index in [0.717, 1.165) is 0 Å². The van der Waals surface area contributed by atoms with Crippen LogP contribution in [0.15, 0.2) is 0 Å². The molecule has 0 aromatic heterocycles. The highest BCUT2D eigenvalue weighted by Crippen LogP contribution is 2.24. The van der Waals surface area contributed by atoms with Crippen LogP contribution < -0.4 is 0 Å². The molecule has 0 aromatic rings. The summed E-state index contributed by atoms with van der Waals surface area (Å²) in [6.45, 7) is 10.7. The van der Waals surface area contributed by atoms with Crippen LogP contribution in [0, 0.1) is 0 Å². The van der Waals surface area contributed by atoms with Crippen molar-refractivity contribution in [2.45, 2.75) is 45.4 Å². The fourth-order valence-electron chi connectivity index (χ4n) is 1.20. The van der Waals surface area contributed by atoms with Gasteiger partial charge in [0.05, 0.1) is 0 Å². The highest BCUT2D eigenvalue weighted by Gasteiger charge is 2.29. The van der Waals surface area contributed by atoms with Gasteiger partial charge in [0, 0.05) is 4.57 Å². The molecule has 2 unspecified atom stereocenters. The molecule has 0 heterocycles. The Morgan fingerprint density at radius 1 is 1.10 bits per heavy atom. The van der Waals surface area contributed by atoms with Crippen molar-refractivity contribution < 1.29 is 32.1 Å². The molecular weight excluding hydrogens is 331 g/mol. The third kappa shape index (κ3) is 13.0. The normalized spacial score (nSPS) is 14.5. The molecule has 0 fully saturated rings. The van der Waals surface area contributed by atoms with Gasteiger partial charge in [-0.2, -0.15) is 0 Å². The summed E-state index contributed by atoms with van der Waals surface area (Å²) in [5.74, 6) is -0.577. The summed E-state index contributed by atoms with van der Waals surface area (Å²) >= 11 is 0. The van der Waals surface area contributed by atoms with Crippen molar-refractivity contribution in [1.29, 1.82) is 0 Å². The molecule has 122 valence electrons. The second-order valence-corrected chi connectivity index (χ2v) is 16.1. The lowest BCUT2D eigenvalue weighted by atomic mass is 10.4. The van der Waals surface area contributed by atoms with Gasteiger partial charge in [0.2, 0.25) is 14.9 Å². The fraction of sp³-hybridized carbons (Fsp3) is 0.818. The van der Waals surface area contributed by atoms with Crippen LogP contribution in [0.4, 0.5) is 0 Å². The van der Waals surface area contributed by atoms with Gasteiger partial charge < -0.3 is 13.6 Å². The minimum absolute atomic E-state index is 0.175.